The SMILES string of the molecule is Cc1[nH]cc(C(=O)NCC2CCC(c3ccnc4ccc(F)cc34)CC2)c1-c1ccccc1C#N. The van der Waals surface area contributed by atoms with E-state index in [1.165, 1.54) is 11.6 Å². The van der Waals surface area contributed by atoms with E-state index in [1.807, 2.05) is 37.4 Å². The number of nitrogens with one attached hydrogen (secondary N) is 2. The minimum absolute atomic E-state index is 0.130. The Bertz CT molecular complexity index is 1430. The maximum Gasteiger partial charge on any atom is 0.253 e. The molecule has 0 aliphatic heterocycles. The van der Waals surface area contributed by atoms with Crippen molar-refractivity contribution in [1.82, 2.24) is 15.3 Å². The zero-order valence-electron chi connectivity index (χ0n) is 19.6. The van der Waals surface area contributed by atoms with E-state index in [2.05, 4.69) is 21.4 Å². The number of nitriles is 1. The van der Waals surface area contributed by atoms with E-state index in [1.54, 1.807) is 24.4 Å². The predicted octanol–water partition coefficient (Wildman–Crippen LogP) is 6.25. The molecule has 2 aromatic carbocycles. The topological polar surface area (TPSA) is 81.6 Å². The molecule has 1 aliphatic carbocycles. The Morgan fingerprint density at radius 1 is 1.17 bits per heavy atom. The molecule has 6 heteroatoms. The first kappa shape index (κ1) is 22.8. The van der Waals surface area contributed by atoms with Gasteiger partial charge < -0.3 is 10.3 Å². The van der Waals surface area contributed by atoms with Gasteiger partial charge in [0.05, 0.1) is 22.7 Å². The molecule has 176 valence electrons. The van der Waals surface area contributed by atoms with Crippen LogP contribution in [-0.4, -0.2) is 22.4 Å². The summed E-state index contributed by atoms with van der Waals surface area (Å²) in [6.45, 7) is 2.52. The summed E-state index contributed by atoms with van der Waals surface area (Å²) in [4.78, 5) is 20.6. The molecule has 2 aromatic heterocycles. The normalized spacial score (nSPS) is 17.7. The van der Waals surface area contributed by atoms with E-state index < -0.39 is 0 Å². The van der Waals surface area contributed by atoms with Gasteiger partial charge in [0.1, 0.15) is 5.82 Å². The molecule has 0 spiro atoms. The molecule has 1 amide bonds. The third-order valence-corrected chi connectivity index (χ3v) is 7.21. The number of aromatic amines is 1. The van der Waals surface area contributed by atoms with Gasteiger partial charge in [-0.25, -0.2) is 4.39 Å². The fourth-order valence-corrected chi connectivity index (χ4v) is 5.36. The first-order valence-corrected chi connectivity index (χ1v) is 12.0. The molecule has 0 radical (unpaired) electrons. The highest BCUT2D eigenvalue weighted by Crippen LogP contribution is 2.38. The van der Waals surface area contributed by atoms with Crippen molar-refractivity contribution in [3.8, 4) is 17.2 Å². The van der Waals surface area contributed by atoms with Crippen LogP contribution >= 0.6 is 0 Å². The minimum Gasteiger partial charge on any atom is -0.364 e. The van der Waals surface area contributed by atoms with E-state index in [0.717, 1.165) is 53.4 Å². The van der Waals surface area contributed by atoms with Crippen LogP contribution in [0.15, 0.2) is 60.9 Å². The Morgan fingerprint density at radius 2 is 1.97 bits per heavy atom. The molecular weight excluding hydrogens is 439 g/mol. The van der Waals surface area contributed by atoms with Crippen LogP contribution in [0.4, 0.5) is 4.39 Å². The van der Waals surface area contributed by atoms with Crippen LogP contribution in [0, 0.1) is 30.0 Å². The zero-order chi connectivity index (χ0) is 24.4. The molecule has 0 saturated heterocycles. The highest BCUT2D eigenvalue weighted by Gasteiger charge is 2.25. The summed E-state index contributed by atoms with van der Waals surface area (Å²) in [6, 6.07) is 16.4. The number of rotatable bonds is 5. The monoisotopic (exact) mass is 466 g/mol. The largest absolute Gasteiger partial charge is 0.364 e. The summed E-state index contributed by atoms with van der Waals surface area (Å²) in [7, 11) is 0. The molecule has 1 fully saturated rings. The second kappa shape index (κ2) is 9.71. The van der Waals surface area contributed by atoms with Gasteiger partial charge in [0, 0.05) is 41.1 Å². The Kier molecular flexibility index (Phi) is 6.33. The standard InChI is InChI=1S/C29H27FN4O/c1-18-28(24-5-3-2-4-21(24)15-31)26(17-33-18)29(35)34-16-19-6-8-20(9-7-19)23-12-13-32-27-11-10-22(30)14-25(23)27/h2-5,10-14,17,19-20,33H,6-9,16H2,1H3,(H,34,35). The number of halogens is 1. The zero-order valence-corrected chi connectivity index (χ0v) is 19.6. The van der Waals surface area contributed by atoms with Crippen molar-refractivity contribution in [2.24, 2.45) is 5.92 Å². The van der Waals surface area contributed by atoms with E-state index in [-0.39, 0.29) is 11.7 Å². The van der Waals surface area contributed by atoms with Crippen LogP contribution in [0.3, 0.4) is 0 Å². The van der Waals surface area contributed by atoms with E-state index >= 15 is 0 Å². The fraction of sp³-hybridized carbons (Fsp3) is 0.276. The van der Waals surface area contributed by atoms with Crippen molar-refractivity contribution in [3.63, 3.8) is 0 Å². The Morgan fingerprint density at radius 3 is 2.77 bits per heavy atom. The lowest BCUT2D eigenvalue weighted by atomic mass is 9.78. The number of aryl methyl sites for hydroxylation is 1. The third-order valence-electron chi connectivity index (χ3n) is 7.21. The lowest BCUT2D eigenvalue weighted by molar-refractivity contribution is 0.0943. The smallest absolute Gasteiger partial charge is 0.253 e. The van der Waals surface area contributed by atoms with Gasteiger partial charge in [-0.15, -0.1) is 0 Å². The summed E-state index contributed by atoms with van der Waals surface area (Å²) >= 11 is 0. The molecule has 2 N–H and O–H groups in total. The number of hydrogen-bond acceptors (Lipinski definition) is 3. The lowest BCUT2D eigenvalue weighted by Crippen LogP contribution is -2.31. The Hall–Kier alpha value is -3.98. The molecule has 2 heterocycles. The summed E-state index contributed by atoms with van der Waals surface area (Å²) < 4.78 is 13.9. The van der Waals surface area contributed by atoms with Gasteiger partial charge in [-0.1, -0.05) is 18.2 Å². The average molecular weight is 467 g/mol. The number of H-pyrrole nitrogens is 1. The molecule has 5 nitrogen and oxygen atoms in total. The van der Waals surface area contributed by atoms with Crippen LogP contribution in [0.1, 0.15) is 58.8 Å². The number of carbonyl (C=O) groups is 1. The third kappa shape index (κ3) is 4.54. The van der Waals surface area contributed by atoms with Crippen molar-refractivity contribution in [3.05, 3.63) is 89.1 Å². The molecule has 1 saturated carbocycles. The molecule has 0 bridgehead atoms. The van der Waals surface area contributed by atoms with Crippen molar-refractivity contribution in [2.75, 3.05) is 6.54 Å². The van der Waals surface area contributed by atoms with Crippen molar-refractivity contribution in [2.45, 2.75) is 38.5 Å². The number of nitrogens with zero attached hydrogens (tertiary/aromatic N) is 2. The van der Waals surface area contributed by atoms with Crippen LogP contribution in [0.2, 0.25) is 0 Å². The average Bonchev–Trinajstić information content (AvgIpc) is 3.28. The summed E-state index contributed by atoms with van der Waals surface area (Å²) in [6.07, 6.45) is 7.53. The number of carbonyl (C=O) groups excluding carboxylic acids is 1. The Balaban J connectivity index is 1.24. The number of hydrogen-bond donors (Lipinski definition) is 2. The van der Waals surface area contributed by atoms with Gasteiger partial charge >= 0.3 is 0 Å². The number of amides is 1. The second-order valence-electron chi connectivity index (χ2n) is 9.35. The van der Waals surface area contributed by atoms with Crippen molar-refractivity contribution < 1.29 is 9.18 Å². The van der Waals surface area contributed by atoms with Crippen LogP contribution < -0.4 is 5.32 Å². The molecular formula is C29H27FN4O. The highest BCUT2D eigenvalue weighted by molar-refractivity contribution is 6.02. The quantitative estimate of drug-likeness (QED) is 0.365. The van der Waals surface area contributed by atoms with Crippen LogP contribution in [-0.2, 0) is 0 Å². The van der Waals surface area contributed by atoms with Gasteiger partial charge in [-0.05, 0) is 80.3 Å². The molecule has 5 rings (SSSR count). The van der Waals surface area contributed by atoms with Gasteiger partial charge in [-0.3, -0.25) is 9.78 Å². The number of aromatic nitrogens is 2. The minimum atomic E-state index is -0.236. The first-order valence-electron chi connectivity index (χ1n) is 12.0. The number of pyridine rings is 1. The molecule has 0 unspecified atom stereocenters. The fourth-order valence-electron chi connectivity index (χ4n) is 5.36. The number of benzene rings is 2. The maximum absolute atomic E-state index is 13.9. The van der Waals surface area contributed by atoms with E-state index in [0.29, 0.717) is 29.5 Å². The lowest BCUT2D eigenvalue weighted by Gasteiger charge is -2.29. The molecule has 1 aliphatic rings. The van der Waals surface area contributed by atoms with Gasteiger partial charge in [-0.2, -0.15) is 5.26 Å². The first-order chi connectivity index (χ1) is 17.0. The summed E-state index contributed by atoms with van der Waals surface area (Å²) in [5, 5.41) is 13.5. The highest BCUT2D eigenvalue weighted by atomic mass is 19.1. The van der Waals surface area contributed by atoms with Gasteiger partial charge in [0.25, 0.3) is 5.91 Å². The Labute approximate surface area is 204 Å². The van der Waals surface area contributed by atoms with Crippen LogP contribution in [0.5, 0.6) is 0 Å². The molecule has 0 atom stereocenters. The summed E-state index contributed by atoms with van der Waals surface area (Å²) in [5.74, 6) is 0.403. The van der Waals surface area contributed by atoms with Crippen molar-refractivity contribution in [1.29, 1.82) is 5.26 Å². The van der Waals surface area contributed by atoms with E-state index in [4.69, 9.17) is 0 Å². The van der Waals surface area contributed by atoms with Crippen molar-refractivity contribution >= 4 is 16.8 Å². The van der Waals surface area contributed by atoms with Gasteiger partial charge in [0.2, 0.25) is 0 Å². The van der Waals surface area contributed by atoms with Gasteiger partial charge in [0.15, 0.2) is 0 Å². The summed E-state index contributed by atoms with van der Waals surface area (Å²) in [5.41, 5.74) is 5.50. The molecule has 4 aromatic rings. The molecule has 35 heavy (non-hydrogen) atoms. The number of fused-ring (bicyclic) bond motifs is 1. The van der Waals surface area contributed by atoms with E-state index in [9.17, 15) is 14.4 Å². The second-order valence-corrected chi connectivity index (χ2v) is 9.35. The maximum atomic E-state index is 13.9. The van der Waals surface area contributed by atoms with Crippen LogP contribution in [0.25, 0.3) is 22.0 Å². The predicted molar refractivity (Wildman–Crippen MR) is 134 cm³/mol.